The summed E-state index contributed by atoms with van der Waals surface area (Å²) in [5, 5.41) is 9.62. The van der Waals surface area contributed by atoms with Crippen LogP contribution >= 0.6 is 11.3 Å². The Labute approximate surface area is 310 Å². The van der Waals surface area contributed by atoms with Crippen molar-refractivity contribution < 1.29 is 4.42 Å². The van der Waals surface area contributed by atoms with Gasteiger partial charge in [-0.2, -0.15) is 0 Å². The maximum Gasteiger partial charge on any atom is 0.143 e. The Balaban J connectivity index is 1.19. The molecule has 0 unspecified atom stereocenters. The third-order valence-corrected chi connectivity index (χ3v) is 11.8. The van der Waals surface area contributed by atoms with Crippen LogP contribution in [0.15, 0.2) is 192 Å². The van der Waals surface area contributed by atoms with Crippen LogP contribution in [0.4, 0.5) is 17.1 Å². The first-order valence-electron chi connectivity index (χ1n) is 18.0. The summed E-state index contributed by atoms with van der Waals surface area (Å²) in [6.07, 6.45) is 0. The summed E-state index contributed by atoms with van der Waals surface area (Å²) < 4.78 is 9.55. The highest BCUT2D eigenvalue weighted by atomic mass is 32.1. The van der Waals surface area contributed by atoms with Gasteiger partial charge in [0.25, 0.3) is 0 Å². The van der Waals surface area contributed by atoms with Gasteiger partial charge in [0.15, 0.2) is 0 Å². The van der Waals surface area contributed by atoms with E-state index in [1.807, 2.05) is 11.3 Å². The molecule has 2 nitrogen and oxygen atoms in total. The summed E-state index contributed by atoms with van der Waals surface area (Å²) in [6, 6.07) is 67.9. The lowest BCUT2D eigenvalue weighted by molar-refractivity contribution is 0.670. The Morgan fingerprint density at radius 1 is 0.396 bits per heavy atom. The van der Waals surface area contributed by atoms with Crippen LogP contribution < -0.4 is 4.90 Å². The Morgan fingerprint density at radius 2 is 1.08 bits per heavy atom. The Hall–Kier alpha value is -6.68. The van der Waals surface area contributed by atoms with Gasteiger partial charge in [0.05, 0.1) is 11.1 Å². The van der Waals surface area contributed by atoms with Gasteiger partial charge >= 0.3 is 0 Å². The number of thiophene rings is 1. The van der Waals surface area contributed by atoms with E-state index in [4.69, 9.17) is 4.42 Å². The standard InChI is InChI=1S/C50H31NOS/c1-2-11-32(12-3-1)34-23-25-38(26-24-34)51(39-27-28-42-41-17-8-9-20-46(41)53-47(42)31-39)44-18-10-19-45-49(44)48-40-16-7-6-15-36(40)30-43(50(48)52-45)37-22-21-33-13-4-5-14-35(33)29-37/h1-31H. The smallest absolute Gasteiger partial charge is 0.143 e. The second-order valence-corrected chi connectivity index (χ2v) is 14.8. The second kappa shape index (κ2) is 11.9. The second-order valence-electron chi connectivity index (χ2n) is 13.7. The third kappa shape index (κ3) is 4.86. The molecule has 2 heterocycles. The van der Waals surface area contributed by atoms with Gasteiger partial charge in [-0.3, -0.25) is 0 Å². The van der Waals surface area contributed by atoms with Gasteiger partial charge in [0.1, 0.15) is 11.2 Å². The zero-order valence-corrected chi connectivity index (χ0v) is 29.5. The van der Waals surface area contributed by atoms with Crippen molar-refractivity contribution in [2.75, 3.05) is 4.90 Å². The normalized spacial score (nSPS) is 11.8. The van der Waals surface area contributed by atoms with Gasteiger partial charge in [-0.05, 0) is 92.8 Å². The molecule has 0 aliphatic carbocycles. The van der Waals surface area contributed by atoms with E-state index in [0.29, 0.717) is 0 Å². The van der Waals surface area contributed by atoms with E-state index >= 15 is 0 Å². The van der Waals surface area contributed by atoms with Crippen LogP contribution in [-0.4, -0.2) is 0 Å². The lowest BCUT2D eigenvalue weighted by atomic mass is 9.94. The first-order valence-corrected chi connectivity index (χ1v) is 18.8. The summed E-state index contributed by atoms with van der Waals surface area (Å²) in [4.78, 5) is 2.41. The van der Waals surface area contributed by atoms with Gasteiger partial charge < -0.3 is 9.32 Å². The van der Waals surface area contributed by atoms with E-state index in [2.05, 4.69) is 193 Å². The summed E-state index contributed by atoms with van der Waals surface area (Å²) >= 11 is 1.85. The third-order valence-electron chi connectivity index (χ3n) is 10.6. The van der Waals surface area contributed by atoms with E-state index in [9.17, 15) is 0 Å². The average Bonchev–Trinajstić information content (AvgIpc) is 3.80. The van der Waals surface area contributed by atoms with Crippen molar-refractivity contribution in [3.05, 3.63) is 188 Å². The van der Waals surface area contributed by atoms with Crippen molar-refractivity contribution in [3.63, 3.8) is 0 Å². The minimum atomic E-state index is 0.865. The molecule has 0 fully saturated rings. The highest BCUT2D eigenvalue weighted by Crippen LogP contribution is 2.48. The predicted molar refractivity (Wildman–Crippen MR) is 227 cm³/mol. The van der Waals surface area contributed by atoms with Crippen LogP contribution in [0.5, 0.6) is 0 Å². The van der Waals surface area contributed by atoms with Crippen molar-refractivity contribution in [2.45, 2.75) is 0 Å². The molecule has 3 heteroatoms. The number of hydrogen-bond acceptors (Lipinski definition) is 3. The minimum Gasteiger partial charge on any atom is -0.455 e. The molecule has 11 aromatic rings. The fourth-order valence-electron chi connectivity index (χ4n) is 8.12. The molecular weight excluding hydrogens is 663 g/mol. The Kier molecular flexibility index (Phi) is 6.76. The topological polar surface area (TPSA) is 16.4 Å². The van der Waals surface area contributed by atoms with Gasteiger partial charge in [-0.15, -0.1) is 11.3 Å². The van der Waals surface area contributed by atoms with Crippen LogP contribution in [-0.2, 0) is 0 Å². The highest BCUT2D eigenvalue weighted by Gasteiger charge is 2.23. The number of hydrogen-bond donors (Lipinski definition) is 0. The Bertz CT molecular complexity index is 3170. The molecule has 0 atom stereocenters. The molecule has 11 rings (SSSR count). The van der Waals surface area contributed by atoms with Gasteiger partial charge in [-0.25, -0.2) is 0 Å². The zero-order valence-electron chi connectivity index (χ0n) is 28.7. The lowest BCUT2D eigenvalue weighted by Crippen LogP contribution is -2.10. The molecule has 0 bridgehead atoms. The monoisotopic (exact) mass is 693 g/mol. The summed E-state index contributed by atoms with van der Waals surface area (Å²) in [5.41, 5.74) is 9.66. The lowest BCUT2D eigenvalue weighted by Gasteiger charge is -2.26. The molecule has 0 radical (unpaired) electrons. The molecule has 53 heavy (non-hydrogen) atoms. The fraction of sp³-hybridized carbons (Fsp3) is 0. The van der Waals surface area contributed by atoms with Crippen molar-refractivity contribution in [1.29, 1.82) is 0 Å². The van der Waals surface area contributed by atoms with E-state index in [1.165, 1.54) is 52.8 Å². The summed E-state index contributed by atoms with van der Waals surface area (Å²) in [7, 11) is 0. The quantitative estimate of drug-likeness (QED) is 0.178. The van der Waals surface area contributed by atoms with Crippen molar-refractivity contribution in [1.82, 2.24) is 0 Å². The van der Waals surface area contributed by atoms with Crippen LogP contribution in [0.1, 0.15) is 0 Å². The number of fused-ring (bicyclic) bond motifs is 9. The molecule has 0 spiro atoms. The van der Waals surface area contributed by atoms with E-state index in [0.717, 1.165) is 50.1 Å². The van der Waals surface area contributed by atoms with E-state index < -0.39 is 0 Å². The van der Waals surface area contributed by atoms with Gasteiger partial charge in [-0.1, -0.05) is 133 Å². The molecule has 2 aromatic heterocycles. The average molecular weight is 694 g/mol. The molecular formula is C50H31NOS. The van der Waals surface area contributed by atoms with E-state index in [1.54, 1.807) is 0 Å². The number of anilines is 3. The predicted octanol–water partition coefficient (Wildman–Crippen LogP) is 15.1. The molecule has 9 aromatic carbocycles. The minimum absolute atomic E-state index is 0.865. The highest BCUT2D eigenvalue weighted by molar-refractivity contribution is 7.25. The fourth-order valence-corrected chi connectivity index (χ4v) is 9.26. The molecule has 0 N–H and O–H groups in total. The summed E-state index contributed by atoms with van der Waals surface area (Å²) in [6.45, 7) is 0. The molecule has 0 amide bonds. The first-order chi connectivity index (χ1) is 26.3. The molecule has 0 aliphatic heterocycles. The molecule has 0 saturated carbocycles. The number of nitrogens with zero attached hydrogens (tertiary/aromatic N) is 1. The first kappa shape index (κ1) is 30.0. The zero-order chi connectivity index (χ0) is 34.9. The van der Waals surface area contributed by atoms with Crippen LogP contribution in [0.3, 0.4) is 0 Å². The molecule has 0 saturated heterocycles. The maximum atomic E-state index is 6.98. The number of furan rings is 1. The SMILES string of the molecule is c1ccc(-c2ccc(N(c3ccc4c(c3)sc3ccccc34)c3cccc4oc5c(-c6ccc7ccccc7c6)cc6ccccc6c5c34)cc2)cc1. The van der Waals surface area contributed by atoms with Crippen molar-refractivity contribution >= 4 is 92.1 Å². The maximum absolute atomic E-state index is 6.98. The number of rotatable bonds is 5. The number of benzene rings is 9. The van der Waals surface area contributed by atoms with Crippen molar-refractivity contribution in [2.24, 2.45) is 0 Å². The molecule has 248 valence electrons. The molecule has 0 aliphatic rings. The largest absolute Gasteiger partial charge is 0.455 e. The van der Waals surface area contributed by atoms with Crippen LogP contribution in [0.25, 0.3) is 85.9 Å². The van der Waals surface area contributed by atoms with Crippen molar-refractivity contribution in [3.8, 4) is 22.3 Å². The van der Waals surface area contributed by atoms with Crippen LogP contribution in [0, 0.1) is 0 Å². The van der Waals surface area contributed by atoms with Gasteiger partial charge in [0, 0.05) is 42.5 Å². The van der Waals surface area contributed by atoms with Crippen LogP contribution in [0.2, 0.25) is 0 Å². The van der Waals surface area contributed by atoms with E-state index in [-0.39, 0.29) is 0 Å². The summed E-state index contributed by atoms with van der Waals surface area (Å²) in [5.74, 6) is 0. The van der Waals surface area contributed by atoms with Gasteiger partial charge in [0.2, 0.25) is 0 Å². The Morgan fingerprint density at radius 3 is 1.94 bits per heavy atom.